The summed E-state index contributed by atoms with van der Waals surface area (Å²) in [6.45, 7) is 2.37. The number of hydrogen-bond donors (Lipinski definition) is 3. The number of carbonyl (C=O) groups excluding carboxylic acids is 1. The van der Waals surface area contributed by atoms with Gasteiger partial charge < -0.3 is 11.1 Å². The zero-order valence-electron chi connectivity index (χ0n) is 11.3. The van der Waals surface area contributed by atoms with E-state index >= 15 is 0 Å². The van der Waals surface area contributed by atoms with Crippen LogP contribution in [-0.2, 0) is 21.4 Å². The molecule has 0 spiro atoms. The highest BCUT2D eigenvalue weighted by atomic mass is 32.2. The molecule has 0 aliphatic carbocycles. The summed E-state index contributed by atoms with van der Waals surface area (Å²) in [7, 11) is -3.60. The minimum Gasteiger partial charge on any atom is -0.355 e. The molecule has 7 heteroatoms. The van der Waals surface area contributed by atoms with Gasteiger partial charge in [0.25, 0.3) is 0 Å². The Kier molecular flexibility index (Phi) is 4.42. The van der Waals surface area contributed by atoms with Crippen molar-refractivity contribution in [2.75, 3.05) is 6.54 Å². The van der Waals surface area contributed by atoms with Gasteiger partial charge in [-0.15, -0.1) is 0 Å². The number of nitrogens with two attached hydrogens (primary N) is 1. The minimum absolute atomic E-state index is 0.0400. The van der Waals surface area contributed by atoms with Crippen molar-refractivity contribution in [2.24, 2.45) is 5.73 Å². The van der Waals surface area contributed by atoms with Gasteiger partial charge in [0.2, 0.25) is 15.9 Å². The summed E-state index contributed by atoms with van der Waals surface area (Å²) in [5.41, 5.74) is 7.00. The van der Waals surface area contributed by atoms with Gasteiger partial charge in [0.1, 0.15) is 0 Å². The second-order valence-electron chi connectivity index (χ2n) is 4.96. The number of aryl methyl sites for hydroxylation is 1. The third-order valence-electron chi connectivity index (χ3n) is 3.37. The number of amides is 1. The summed E-state index contributed by atoms with van der Waals surface area (Å²) in [6, 6.07) is 4.90. The van der Waals surface area contributed by atoms with Crippen LogP contribution in [0.3, 0.4) is 0 Å². The van der Waals surface area contributed by atoms with E-state index < -0.39 is 10.0 Å². The standard InChI is InChI=1S/C13H19N3O3S/c1-9-2-3-10(7-14)6-12(9)20(18,19)16-11-4-5-13(17)15-8-11/h2-3,6,11,16H,4-5,7-8,14H2,1H3,(H,15,17). The fourth-order valence-electron chi connectivity index (χ4n) is 2.18. The lowest BCUT2D eigenvalue weighted by atomic mass is 10.1. The van der Waals surface area contributed by atoms with Crippen molar-refractivity contribution in [3.63, 3.8) is 0 Å². The molecule has 1 heterocycles. The van der Waals surface area contributed by atoms with Crippen molar-refractivity contribution >= 4 is 15.9 Å². The average Bonchev–Trinajstić information content (AvgIpc) is 2.41. The molecule has 1 aromatic carbocycles. The maximum atomic E-state index is 12.4. The van der Waals surface area contributed by atoms with Crippen LogP contribution >= 0.6 is 0 Å². The molecule has 0 radical (unpaired) electrons. The molecule has 1 saturated heterocycles. The Balaban J connectivity index is 2.20. The van der Waals surface area contributed by atoms with Gasteiger partial charge in [0, 0.05) is 25.6 Å². The van der Waals surface area contributed by atoms with Crippen molar-refractivity contribution in [1.29, 1.82) is 0 Å². The van der Waals surface area contributed by atoms with E-state index in [9.17, 15) is 13.2 Å². The van der Waals surface area contributed by atoms with Crippen molar-refractivity contribution in [3.8, 4) is 0 Å². The van der Waals surface area contributed by atoms with E-state index in [0.29, 0.717) is 31.5 Å². The Labute approximate surface area is 118 Å². The number of rotatable bonds is 4. The quantitative estimate of drug-likeness (QED) is 0.728. The summed E-state index contributed by atoms with van der Waals surface area (Å²) in [6.07, 6.45) is 0.857. The van der Waals surface area contributed by atoms with E-state index in [1.165, 1.54) is 0 Å². The number of piperidine rings is 1. The zero-order chi connectivity index (χ0) is 14.8. The predicted molar refractivity (Wildman–Crippen MR) is 75.4 cm³/mol. The Bertz CT molecular complexity index is 603. The van der Waals surface area contributed by atoms with Crippen LogP contribution in [0.2, 0.25) is 0 Å². The third-order valence-corrected chi connectivity index (χ3v) is 5.03. The number of benzene rings is 1. The van der Waals surface area contributed by atoms with E-state index in [2.05, 4.69) is 10.0 Å². The van der Waals surface area contributed by atoms with Crippen LogP contribution in [0.1, 0.15) is 24.0 Å². The molecular formula is C13H19N3O3S. The lowest BCUT2D eigenvalue weighted by molar-refractivity contribution is -0.122. The molecule has 4 N–H and O–H groups in total. The van der Waals surface area contributed by atoms with Gasteiger partial charge in [-0.05, 0) is 30.5 Å². The average molecular weight is 297 g/mol. The number of sulfonamides is 1. The van der Waals surface area contributed by atoms with E-state index in [-0.39, 0.29) is 16.8 Å². The minimum atomic E-state index is -3.60. The SMILES string of the molecule is Cc1ccc(CN)cc1S(=O)(=O)NC1CCC(=O)NC1. The van der Waals surface area contributed by atoms with Crippen LogP contribution in [0.5, 0.6) is 0 Å². The van der Waals surface area contributed by atoms with Crippen LogP contribution in [0.15, 0.2) is 23.1 Å². The molecule has 1 unspecified atom stereocenters. The largest absolute Gasteiger partial charge is 0.355 e. The van der Waals surface area contributed by atoms with Crippen LogP contribution in [0.25, 0.3) is 0 Å². The first kappa shape index (κ1) is 15.0. The molecule has 0 saturated carbocycles. The molecule has 1 aromatic rings. The fraction of sp³-hybridized carbons (Fsp3) is 0.462. The molecule has 6 nitrogen and oxygen atoms in total. The van der Waals surface area contributed by atoms with Crippen LogP contribution in [0.4, 0.5) is 0 Å². The molecule has 110 valence electrons. The molecular weight excluding hydrogens is 278 g/mol. The maximum absolute atomic E-state index is 12.4. The van der Waals surface area contributed by atoms with Crippen LogP contribution in [-0.4, -0.2) is 26.9 Å². The number of hydrogen-bond acceptors (Lipinski definition) is 4. The van der Waals surface area contributed by atoms with Crippen LogP contribution in [0, 0.1) is 6.92 Å². The van der Waals surface area contributed by atoms with Gasteiger partial charge in [-0.1, -0.05) is 12.1 Å². The number of carbonyl (C=O) groups is 1. The molecule has 0 bridgehead atoms. The Morgan fingerprint density at radius 2 is 2.20 bits per heavy atom. The summed E-state index contributed by atoms with van der Waals surface area (Å²) < 4.78 is 27.5. The Morgan fingerprint density at radius 3 is 2.80 bits per heavy atom. The van der Waals surface area contributed by atoms with Crippen molar-refractivity contribution < 1.29 is 13.2 Å². The monoisotopic (exact) mass is 297 g/mol. The molecule has 0 aromatic heterocycles. The highest BCUT2D eigenvalue weighted by molar-refractivity contribution is 7.89. The first-order valence-corrected chi connectivity index (χ1v) is 7.99. The van der Waals surface area contributed by atoms with Crippen molar-refractivity contribution in [2.45, 2.75) is 37.2 Å². The van der Waals surface area contributed by atoms with E-state index in [1.807, 2.05) is 6.07 Å². The molecule has 20 heavy (non-hydrogen) atoms. The van der Waals surface area contributed by atoms with Crippen molar-refractivity contribution in [1.82, 2.24) is 10.0 Å². The van der Waals surface area contributed by atoms with Crippen molar-refractivity contribution in [3.05, 3.63) is 29.3 Å². The first-order valence-electron chi connectivity index (χ1n) is 6.51. The van der Waals surface area contributed by atoms with Gasteiger partial charge in [-0.3, -0.25) is 4.79 Å². The molecule has 1 aliphatic rings. The topological polar surface area (TPSA) is 101 Å². The second kappa shape index (κ2) is 5.90. The van der Waals surface area contributed by atoms with E-state index in [0.717, 1.165) is 5.56 Å². The molecule has 1 aliphatic heterocycles. The third kappa shape index (κ3) is 3.36. The van der Waals surface area contributed by atoms with Gasteiger partial charge in [0.15, 0.2) is 0 Å². The summed E-state index contributed by atoms with van der Waals surface area (Å²) in [5.74, 6) is -0.0400. The molecule has 1 atom stereocenters. The lowest BCUT2D eigenvalue weighted by Gasteiger charge is -2.23. The fourth-order valence-corrected chi connectivity index (χ4v) is 3.74. The molecule has 2 rings (SSSR count). The Morgan fingerprint density at radius 1 is 1.45 bits per heavy atom. The van der Waals surface area contributed by atoms with Gasteiger partial charge in [-0.2, -0.15) is 0 Å². The molecule has 1 fully saturated rings. The first-order chi connectivity index (χ1) is 9.42. The van der Waals surface area contributed by atoms with Crippen LogP contribution < -0.4 is 15.8 Å². The lowest BCUT2D eigenvalue weighted by Crippen LogP contribution is -2.47. The summed E-state index contributed by atoms with van der Waals surface area (Å²) in [5, 5.41) is 2.66. The maximum Gasteiger partial charge on any atom is 0.241 e. The van der Waals surface area contributed by atoms with E-state index in [4.69, 9.17) is 5.73 Å². The second-order valence-corrected chi connectivity index (χ2v) is 6.65. The van der Waals surface area contributed by atoms with Gasteiger partial charge >= 0.3 is 0 Å². The smallest absolute Gasteiger partial charge is 0.241 e. The highest BCUT2D eigenvalue weighted by Crippen LogP contribution is 2.18. The number of nitrogens with one attached hydrogen (secondary N) is 2. The Hall–Kier alpha value is -1.44. The summed E-state index contributed by atoms with van der Waals surface area (Å²) in [4.78, 5) is 11.3. The zero-order valence-corrected chi connectivity index (χ0v) is 12.2. The normalized spacial score (nSPS) is 19.7. The van der Waals surface area contributed by atoms with Gasteiger partial charge in [-0.25, -0.2) is 13.1 Å². The molecule has 1 amide bonds. The summed E-state index contributed by atoms with van der Waals surface area (Å²) >= 11 is 0. The highest BCUT2D eigenvalue weighted by Gasteiger charge is 2.25. The van der Waals surface area contributed by atoms with Gasteiger partial charge in [0.05, 0.1) is 4.90 Å². The van der Waals surface area contributed by atoms with E-state index in [1.54, 1.807) is 19.1 Å². The predicted octanol–water partition coefficient (Wildman–Crippen LogP) is 0.0106.